The van der Waals surface area contributed by atoms with E-state index in [-0.39, 0.29) is 17.2 Å². The molecule has 11 nitrogen and oxygen atoms in total. The zero-order valence-corrected chi connectivity index (χ0v) is 20.7. The van der Waals surface area contributed by atoms with Crippen LogP contribution in [0.15, 0.2) is 58.6 Å². The molecule has 5 atom stereocenters. The standard InChI is InChI=1S/C24H27N3O8S/c1-24(2)33-21-20(31-3)19(32-23(21)34-24)16-12-17(35-27-16)22(28)26-14-10-8-13(9-11-14)15-6-4-5-7-18(15)36(25,29)30/h4-11,17,19-21,23H,12H2,1-3H3,(H,26,28)(H2,25,29,30)/t17?,19-,20-,21+,23+/m0/s1. The number of nitrogens with two attached hydrogens (primary N) is 1. The van der Waals surface area contributed by atoms with Gasteiger partial charge in [0.25, 0.3) is 5.91 Å². The molecule has 2 saturated heterocycles. The molecule has 3 aliphatic heterocycles. The summed E-state index contributed by atoms with van der Waals surface area (Å²) in [4.78, 5) is 18.2. The van der Waals surface area contributed by atoms with Gasteiger partial charge in [0.05, 0.1) is 10.6 Å². The second kappa shape index (κ2) is 9.21. The number of nitrogens with one attached hydrogen (secondary N) is 1. The van der Waals surface area contributed by atoms with Crippen LogP contribution < -0.4 is 10.5 Å². The summed E-state index contributed by atoms with van der Waals surface area (Å²) in [5.41, 5.74) is 2.17. The molecule has 0 aliphatic carbocycles. The minimum atomic E-state index is -3.88. The SMILES string of the molecule is CO[C@@H]1[C@H]2OC(C)(C)O[C@H]2O[C@H]1C1=NOC(C(=O)Nc2ccc(-c3ccccc3S(N)(=O)=O)cc2)C1. The van der Waals surface area contributed by atoms with Crippen LogP contribution in [0.25, 0.3) is 11.1 Å². The largest absolute Gasteiger partial charge is 0.382 e. The first-order valence-corrected chi connectivity index (χ1v) is 12.9. The predicted octanol–water partition coefficient (Wildman–Crippen LogP) is 1.98. The number of hydrogen-bond donors (Lipinski definition) is 2. The molecule has 2 aromatic carbocycles. The molecule has 12 heteroatoms. The van der Waals surface area contributed by atoms with E-state index in [4.69, 9.17) is 28.9 Å². The number of carbonyl (C=O) groups is 1. The first-order chi connectivity index (χ1) is 17.1. The first-order valence-electron chi connectivity index (χ1n) is 11.4. The van der Waals surface area contributed by atoms with Crippen molar-refractivity contribution >= 4 is 27.3 Å². The quantitative estimate of drug-likeness (QED) is 0.591. The number of ether oxygens (including phenoxy) is 4. The highest BCUT2D eigenvalue weighted by atomic mass is 32.2. The van der Waals surface area contributed by atoms with Crippen LogP contribution in [0.4, 0.5) is 5.69 Å². The minimum absolute atomic E-state index is 0.0258. The second-order valence-electron chi connectivity index (χ2n) is 9.21. The smallest absolute Gasteiger partial charge is 0.268 e. The maximum Gasteiger partial charge on any atom is 0.268 e. The lowest BCUT2D eigenvalue weighted by Gasteiger charge is -2.24. The molecule has 36 heavy (non-hydrogen) atoms. The third-order valence-corrected chi connectivity index (χ3v) is 7.20. The topological polar surface area (TPSA) is 148 Å². The van der Waals surface area contributed by atoms with Gasteiger partial charge in [-0.2, -0.15) is 0 Å². The average Bonchev–Trinajstić information content (AvgIpc) is 3.51. The van der Waals surface area contributed by atoms with Crippen LogP contribution in [0.1, 0.15) is 20.3 Å². The van der Waals surface area contributed by atoms with E-state index in [1.165, 1.54) is 6.07 Å². The van der Waals surface area contributed by atoms with E-state index in [0.29, 0.717) is 22.5 Å². The maximum atomic E-state index is 12.8. The molecule has 1 unspecified atom stereocenters. The van der Waals surface area contributed by atoms with Crippen LogP contribution in [-0.2, 0) is 38.6 Å². The Bertz CT molecular complexity index is 1290. The fourth-order valence-corrected chi connectivity index (χ4v) is 5.38. The van der Waals surface area contributed by atoms with Gasteiger partial charge in [-0.15, -0.1) is 0 Å². The minimum Gasteiger partial charge on any atom is -0.382 e. The monoisotopic (exact) mass is 517 g/mol. The maximum absolute atomic E-state index is 12.8. The van der Waals surface area contributed by atoms with Crippen LogP contribution >= 0.6 is 0 Å². The molecule has 1 amide bonds. The van der Waals surface area contributed by atoms with E-state index < -0.39 is 46.5 Å². The summed E-state index contributed by atoms with van der Waals surface area (Å²) in [7, 11) is -2.33. The average molecular weight is 518 g/mol. The molecule has 2 fully saturated rings. The van der Waals surface area contributed by atoms with Crippen molar-refractivity contribution in [2.45, 2.75) is 61.7 Å². The summed E-state index contributed by atoms with van der Waals surface area (Å²) in [6.07, 6.45) is -2.64. The number of hydrogen-bond acceptors (Lipinski definition) is 9. The number of anilines is 1. The Morgan fingerprint density at radius 2 is 1.86 bits per heavy atom. The van der Waals surface area contributed by atoms with Crippen molar-refractivity contribution in [2.24, 2.45) is 10.3 Å². The van der Waals surface area contributed by atoms with Gasteiger partial charge < -0.3 is 29.1 Å². The fraction of sp³-hybridized carbons (Fsp3) is 0.417. The number of fused-ring (bicyclic) bond motifs is 1. The van der Waals surface area contributed by atoms with Crippen molar-refractivity contribution in [1.29, 1.82) is 0 Å². The molecule has 5 rings (SSSR count). The van der Waals surface area contributed by atoms with Crippen molar-refractivity contribution in [1.82, 2.24) is 0 Å². The van der Waals surface area contributed by atoms with Crippen LogP contribution in [0.2, 0.25) is 0 Å². The van der Waals surface area contributed by atoms with Gasteiger partial charge in [-0.25, -0.2) is 13.6 Å². The van der Waals surface area contributed by atoms with Gasteiger partial charge in [0.1, 0.15) is 18.3 Å². The Morgan fingerprint density at radius 1 is 1.14 bits per heavy atom. The Morgan fingerprint density at radius 3 is 2.56 bits per heavy atom. The number of benzene rings is 2. The zero-order chi connectivity index (χ0) is 25.7. The third kappa shape index (κ3) is 4.75. The van der Waals surface area contributed by atoms with Crippen molar-refractivity contribution in [3.63, 3.8) is 0 Å². The van der Waals surface area contributed by atoms with Gasteiger partial charge in [-0.3, -0.25) is 4.79 Å². The number of rotatable bonds is 6. The van der Waals surface area contributed by atoms with Gasteiger partial charge in [-0.1, -0.05) is 35.5 Å². The highest BCUT2D eigenvalue weighted by Gasteiger charge is 2.57. The summed E-state index contributed by atoms with van der Waals surface area (Å²) < 4.78 is 47.0. The number of amides is 1. The summed E-state index contributed by atoms with van der Waals surface area (Å²) in [5, 5.41) is 12.2. The van der Waals surface area contributed by atoms with Gasteiger partial charge in [0, 0.05) is 24.8 Å². The highest BCUT2D eigenvalue weighted by Crippen LogP contribution is 2.40. The third-order valence-electron chi connectivity index (χ3n) is 6.23. The Hall–Kier alpha value is -2.87. The van der Waals surface area contributed by atoms with E-state index in [9.17, 15) is 13.2 Å². The first kappa shape index (κ1) is 24.8. The number of nitrogens with zero attached hydrogens (tertiary/aromatic N) is 1. The van der Waals surface area contributed by atoms with Gasteiger partial charge in [0.2, 0.25) is 16.1 Å². The Labute approximate surface area is 208 Å². The lowest BCUT2D eigenvalue weighted by atomic mass is 10.0. The van der Waals surface area contributed by atoms with E-state index in [2.05, 4.69) is 10.5 Å². The normalized spacial score (nSPS) is 28.9. The van der Waals surface area contributed by atoms with Crippen LogP contribution in [0.3, 0.4) is 0 Å². The van der Waals surface area contributed by atoms with E-state index in [0.717, 1.165) is 0 Å². The molecule has 0 radical (unpaired) electrons. The summed E-state index contributed by atoms with van der Waals surface area (Å²) in [6.45, 7) is 3.61. The zero-order valence-electron chi connectivity index (χ0n) is 19.9. The van der Waals surface area contributed by atoms with E-state index >= 15 is 0 Å². The lowest BCUT2D eigenvalue weighted by Crippen LogP contribution is -2.40. The second-order valence-corrected chi connectivity index (χ2v) is 10.7. The molecule has 0 aromatic heterocycles. The van der Waals surface area contributed by atoms with Crippen molar-refractivity contribution in [3.05, 3.63) is 48.5 Å². The molecule has 0 spiro atoms. The molecular weight excluding hydrogens is 490 g/mol. The summed E-state index contributed by atoms with van der Waals surface area (Å²) >= 11 is 0. The molecule has 3 N–H and O–H groups in total. The number of sulfonamides is 1. The fourth-order valence-electron chi connectivity index (χ4n) is 4.62. The van der Waals surface area contributed by atoms with Crippen LogP contribution in [-0.4, -0.2) is 63.6 Å². The molecule has 3 aliphatic rings. The summed E-state index contributed by atoms with van der Waals surface area (Å²) in [6, 6.07) is 13.2. The van der Waals surface area contributed by atoms with Crippen molar-refractivity contribution < 1.29 is 37.0 Å². The van der Waals surface area contributed by atoms with E-state index in [1.54, 1.807) is 63.4 Å². The number of carbonyl (C=O) groups excluding carboxylic acids is 1. The molecular formula is C24H27N3O8S. The van der Waals surface area contributed by atoms with Crippen LogP contribution in [0.5, 0.6) is 0 Å². The number of methoxy groups -OCH3 is 1. The predicted molar refractivity (Wildman–Crippen MR) is 128 cm³/mol. The molecule has 192 valence electrons. The number of primary sulfonamides is 1. The number of oxime groups is 1. The Kier molecular flexibility index (Phi) is 6.35. The lowest BCUT2D eigenvalue weighted by molar-refractivity contribution is -0.208. The van der Waals surface area contributed by atoms with Crippen molar-refractivity contribution in [3.8, 4) is 11.1 Å². The molecule has 0 saturated carbocycles. The van der Waals surface area contributed by atoms with Gasteiger partial charge in [0.15, 0.2) is 12.1 Å². The Balaban J connectivity index is 1.22. The molecule has 3 heterocycles. The summed E-state index contributed by atoms with van der Waals surface area (Å²) in [5.74, 6) is -1.16. The van der Waals surface area contributed by atoms with E-state index in [1.807, 2.05) is 0 Å². The highest BCUT2D eigenvalue weighted by molar-refractivity contribution is 7.89. The van der Waals surface area contributed by atoms with Crippen molar-refractivity contribution in [2.75, 3.05) is 12.4 Å². The van der Waals surface area contributed by atoms with Gasteiger partial charge in [-0.05, 0) is 37.6 Å². The molecule has 2 aromatic rings. The van der Waals surface area contributed by atoms with Gasteiger partial charge >= 0.3 is 0 Å². The van der Waals surface area contributed by atoms with Crippen LogP contribution in [0, 0.1) is 0 Å². The molecule has 0 bridgehead atoms.